The van der Waals surface area contributed by atoms with Crippen LogP contribution in [-0.2, 0) is 10.8 Å². The lowest BCUT2D eigenvalue weighted by molar-refractivity contribution is 0.0945. The number of rotatable bonds is 6. The van der Waals surface area contributed by atoms with Crippen LogP contribution >= 0.6 is 57.4 Å². The van der Waals surface area contributed by atoms with Gasteiger partial charge in [-0.1, -0.05) is 40.9 Å². The van der Waals surface area contributed by atoms with Crippen molar-refractivity contribution in [2.24, 2.45) is 5.73 Å². The molecule has 0 radical (unpaired) electrons. The number of nitrogens with two attached hydrogens (primary N) is 1. The van der Waals surface area contributed by atoms with E-state index in [4.69, 9.17) is 40.5 Å². The second-order valence-corrected chi connectivity index (χ2v) is 10.7. The van der Waals surface area contributed by atoms with Crippen LogP contribution in [0.2, 0.25) is 15.1 Å². The zero-order valence-corrected chi connectivity index (χ0v) is 21.0. The van der Waals surface area contributed by atoms with Crippen molar-refractivity contribution in [3.8, 4) is 0 Å². The molecule has 0 saturated heterocycles. The van der Waals surface area contributed by atoms with Gasteiger partial charge in [0.25, 0.3) is 11.8 Å². The van der Waals surface area contributed by atoms with Gasteiger partial charge in [0.2, 0.25) is 0 Å². The van der Waals surface area contributed by atoms with Crippen LogP contribution in [0, 0.1) is 3.57 Å². The standard InChI is InChI=1S/C19H18Cl3IN2O3S/c1-19(2,9-29(3)28)25(13-8-7-11(20)15(21)16(13)22)18(27)10-5-4-6-12(23)14(10)17(24)26/h4-8H,9H2,1-3H3,(H2,24,26). The fourth-order valence-electron chi connectivity index (χ4n) is 3.03. The smallest absolute Gasteiger partial charge is 0.259 e. The van der Waals surface area contributed by atoms with Crippen LogP contribution in [-0.4, -0.2) is 33.6 Å². The molecule has 2 N–H and O–H groups in total. The summed E-state index contributed by atoms with van der Waals surface area (Å²) in [5.74, 6) is -1.09. The summed E-state index contributed by atoms with van der Waals surface area (Å²) in [5, 5.41) is 0.403. The summed E-state index contributed by atoms with van der Waals surface area (Å²) in [4.78, 5) is 27.1. The van der Waals surface area contributed by atoms with Gasteiger partial charge in [-0.3, -0.25) is 13.8 Å². The topological polar surface area (TPSA) is 80.5 Å². The highest BCUT2D eigenvalue weighted by Crippen LogP contribution is 2.41. The second kappa shape index (κ2) is 9.51. The van der Waals surface area contributed by atoms with Crippen molar-refractivity contribution in [2.45, 2.75) is 19.4 Å². The molecule has 2 rings (SSSR count). The first-order chi connectivity index (χ1) is 13.4. The van der Waals surface area contributed by atoms with E-state index in [0.29, 0.717) is 3.57 Å². The Balaban J connectivity index is 2.78. The molecular weight excluding hydrogens is 570 g/mol. The summed E-state index contributed by atoms with van der Waals surface area (Å²) < 4.78 is 12.5. The number of carbonyl (C=O) groups is 2. The Morgan fingerprint density at radius 2 is 1.76 bits per heavy atom. The third kappa shape index (κ3) is 5.25. The summed E-state index contributed by atoms with van der Waals surface area (Å²) in [6.07, 6.45) is 1.54. The number of hydrogen-bond donors (Lipinski definition) is 1. The lowest BCUT2D eigenvalue weighted by Crippen LogP contribution is -2.52. The minimum absolute atomic E-state index is 0.0775. The van der Waals surface area contributed by atoms with Crippen LogP contribution in [0.4, 0.5) is 5.69 Å². The van der Waals surface area contributed by atoms with Gasteiger partial charge in [-0.15, -0.1) is 0 Å². The van der Waals surface area contributed by atoms with E-state index in [1.54, 1.807) is 38.3 Å². The van der Waals surface area contributed by atoms with Gasteiger partial charge in [-0.05, 0) is 60.7 Å². The number of halogens is 4. The lowest BCUT2D eigenvalue weighted by atomic mass is 9.99. The van der Waals surface area contributed by atoms with Crippen LogP contribution in [0.15, 0.2) is 30.3 Å². The maximum atomic E-state index is 13.7. The third-order valence-corrected chi connectivity index (χ3v) is 7.41. The highest BCUT2D eigenvalue weighted by Gasteiger charge is 2.37. The predicted octanol–water partition coefficient (Wildman–Crippen LogP) is 5.15. The van der Waals surface area contributed by atoms with E-state index in [9.17, 15) is 13.8 Å². The molecular formula is C19H18Cl3IN2O3S. The quantitative estimate of drug-likeness (QED) is 0.375. The Hall–Kier alpha value is -0.870. The summed E-state index contributed by atoms with van der Waals surface area (Å²) in [7, 11) is -1.23. The number of benzene rings is 2. The van der Waals surface area contributed by atoms with E-state index in [0.717, 1.165) is 0 Å². The fourth-order valence-corrected chi connectivity index (χ4v) is 5.54. The summed E-state index contributed by atoms with van der Waals surface area (Å²) in [5.41, 5.74) is 5.10. The third-order valence-electron chi connectivity index (χ3n) is 4.11. The maximum Gasteiger partial charge on any atom is 0.259 e. The van der Waals surface area contributed by atoms with Crippen LogP contribution in [0.3, 0.4) is 0 Å². The van der Waals surface area contributed by atoms with Crippen LogP contribution < -0.4 is 10.6 Å². The molecule has 2 aromatic rings. The molecule has 0 aromatic heterocycles. The molecule has 0 bridgehead atoms. The molecule has 10 heteroatoms. The SMILES string of the molecule is CS(=O)CC(C)(C)N(C(=O)c1cccc(I)c1C(N)=O)c1ccc(Cl)c(Cl)c1Cl. The first-order valence-corrected chi connectivity index (χ1v) is 12.2. The number of anilines is 1. The molecule has 29 heavy (non-hydrogen) atoms. The Morgan fingerprint density at radius 1 is 1.14 bits per heavy atom. The van der Waals surface area contributed by atoms with Crippen LogP contribution in [0.25, 0.3) is 0 Å². The molecule has 0 fully saturated rings. The number of hydrogen-bond acceptors (Lipinski definition) is 3. The molecule has 1 unspecified atom stereocenters. The molecule has 0 heterocycles. The molecule has 2 aromatic carbocycles. The number of amides is 2. The van der Waals surface area contributed by atoms with Crippen molar-refractivity contribution in [1.29, 1.82) is 0 Å². The molecule has 1 atom stereocenters. The first kappa shape index (κ1) is 24.4. The Bertz CT molecular complexity index is 1010. The van der Waals surface area contributed by atoms with Crippen molar-refractivity contribution < 1.29 is 13.8 Å². The van der Waals surface area contributed by atoms with Gasteiger partial charge < -0.3 is 10.6 Å². The maximum absolute atomic E-state index is 13.7. The predicted molar refractivity (Wildman–Crippen MR) is 129 cm³/mol. The molecule has 0 saturated carbocycles. The van der Waals surface area contributed by atoms with E-state index < -0.39 is 28.2 Å². The Labute approximate surface area is 200 Å². The number of nitrogens with zero attached hydrogens (tertiary/aromatic N) is 1. The van der Waals surface area contributed by atoms with Gasteiger partial charge in [0, 0.05) is 26.4 Å². The van der Waals surface area contributed by atoms with Crippen molar-refractivity contribution in [2.75, 3.05) is 16.9 Å². The largest absolute Gasteiger partial charge is 0.366 e. The highest BCUT2D eigenvalue weighted by molar-refractivity contribution is 14.1. The van der Waals surface area contributed by atoms with Crippen LogP contribution in [0.5, 0.6) is 0 Å². The lowest BCUT2D eigenvalue weighted by Gasteiger charge is -2.39. The van der Waals surface area contributed by atoms with Gasteiger partial charge in [-0.25, -0.2) is 0 Å². The van der Waals surface area contributed by atoms with Gasteiger partial charge >= 0.3 is 0 Å². The van der Waals surface area contributed by atoms with Crippen molar-refractivity contribution >= 4 is 85.7 Å². The zero-order chi connectivity index (χ0) is 22.1. The van der Waals surface area contributed by atoms with E-state index in [1.807, 2.05) is 22.6 Å². The Morgan fingerprint density at radius 3 is 2.31 bits per heavy atom. The molecule has 5 nitrogen and oxygen atoms in total. The van der Waals surface area contributed by atoms with E-state index in [-0.39, 0.29) is 37.6 Å². The molecule has 0 spiro atoms. The molecule has 0 aliphatic heterocycles. The van der Waals surface area contributed by atoms with Gasteiger partial charge in [0.15, 0.2) is 0 Å². The second-order valence-electron chi connectivity index (χ2n) is 6.89. The van der Waals surface area contributed by atoms with Gasteiger partial charge in [-0.2, -0.15) is 0 Å². The van der Waals surface area contributed by atoms with Crippen molar-refractivity contribution in [3.63, 3.8) is 0 Å². The van der Waals surface area contributed by atoms with Gasteiger partial charge in [0.1, 0.15) is 0 Å². The fraction of sp³-hybridized carbons (Fsp3) is 0.263. The van der Waals surface area contributed by atoms with Crippen LogP contribution in [0.1, 0.15) is 34.6 Å². The minimum Gasteiger partial charge on any atom is -0.366 e. The summed E-state index contributed by atoms with van der Waals surface area (Å²) in [6.45, 7) is 3.51. The average molecular weight is 588 g/mol. The van der Waals surface area contributed by atoms with Gasteiger partial charge in [0.05, 0.1) is 37.4 Å². The minimum atomic E-state index is -1.23. The first-order valence-electron chi connectivity index (χ1n) is 8.25. The molecule has 156 valence electrons. The van der Waals surface area contributed by atoms with E-state index in [2.05, 4.69) is 0 Å². The normalized spacial score (nSPS) is 12.5. The number of carbonyl (C=O) groups excluding carboxylic acids is 2. The van der Waals surface area contributed by atoms with Crippen molar-refractivity contribution in [3.05, 3.63) is 60.1 Å². The summed E-state index contributed by atoms with van der Waals surface area (Å²) >= 11 is 20.6. The van der Waals surface area contributed by atoms with E-state index in [1.165, 1.54) is 17.0 Å². The average Bonchev–Trinajstić information content (AvgIpc) is 2.60. The van der Waals surface area contributed by atoms with E-state index >= 15 is 0 Å². The molecule has 0 aliphatic rings. The zero-order valence-electron chi connectivity index (χ0n) is 15.8. The monoisotopic (exact) mass is 586 g/mol. The number of primary amides is 1. The summed E-state index contributed by atoms with van der Waals surface area (Å²) in [6, 6.07) is 7.93. The Kier molecular flexibility index (Phi) is 8.00. The van der Waals surface area contributed by atoms with Crippen molar-refractivity contribution in [1.82, 2.24) is 0 Å². The molecule has 0 aliphatic carbocycles. The molecule has 2 amide bonds. The highest BCUT2D eigenvalue weighted by atomic mass is 127.